The zero-order valence-electron chi connectivity index (χ0n) is 20.2. The molecule has 0 bridgehead atoms. The number of nitrogens with zero attached hydrogens (tertiary/aromatic N) is 1. The summed E-state index contributed by atoms with van der Waals surface area (Å²) in [6.45, 7) is 0. The van der Waals surface area contributed by atoms with Crippen molar-refractivity contribution in [3.63, 3.8) is 0 Å². The second-order valence-corrected chi connectivity index (χ2v) is 7.10. The van der Waals surface area contributed by atoms with E-state index in [1.54, 1.807) is 37.5 Å². The summed E-state index contributed by atoms with van der Waals surface area (Å²) < 4.78 is 21.1. The summed E-state index contributed by atoms with van der Waals surface area (Å²) in [6, 6.07) is 10.2. The van der Waals surface area contributed by atoms with Crippen molar-refractivity contribution in [3.8, 4) is 29.1 Å². The van der Waals surface area contributed by atoms with Gasteiger partial charge >= 0.3 is 0 Å². The van der Waals surface area contributed by atoms with E-state index in [0.717, 1.165) is 5.56 Å². The molecule has 0 aliphatic rings. The van der Waals surface area contributed by atoms with E-state index in [-0.39, 0.29) is 12.8 Å². The third-order valence-electron chi connectivity index (χ3n) is 4.73. The highest BCUT2D eigenvalue weighted by Crippen LogP contribution is 2.40. The lowest BCUT2D eigenvalue weighted by Gasteiger charge is -2.14. The van der Waals surface area contributed by atoms with Crippen molar-refractivity contribution in [2.75, 3.05) is 34.2 Å². The van der Waals surface area contributed by atoms with Crippen molar-refractivity contribution in [3.05, 3.63) is 41.5 Å². The Morgan fingerprint density at radius 1 is 0.971 bits per heavy atom. The fraction of sp³-hybridized carbons (Fsp3) is 0.292. The highest BCUT2D eigenvalue weighted by atomic mass is 16.5. The minimum absolute atomic E-state index is 0.101. The number of amides is 2. The van der Waals surface area contributed by atoms with Crippen molar-refractivity contribution in [2.24, 2.45) is 17.2 Å². The van der Waals surface area contributed by atoms with Gasteiger partial charge in [0.05, 0.1) is 51.8 Å². The van der Waals surface area contributed by atoms with Crippen LogP contribution in [-0.2, 0) is 9.59 Å². The highest BCUT2D eigenvalue weighted by molar-refractivity contribution is 5.91. The van der Waals surface area contributed by atoms with Crippen LogP contribution in [0.4, 0.5) is 5.69 Å². The lowest BCUT2D eigenvalue weighted by atomic mass is 10.0. The second-order valence-electron chi connectivity index (χ2n) is 7.10. The summed E-state index contributed by atoms with van der Waals surface area (Å²) in [5, 5.41) is 9.58. The van der Waals surface area contributed by atoms with Crippen molar-refractivity contribution in [1.82, 2.24) is 0 Å². The van der Waals surface area contributed by atoms with E-state index >= 15 is 0 Å². The standard InChI is InChI=1S/C19H20N2O4.C5H11N3O2/c1-22-16-6-5-12(8-15(16)21)7-14(11-20)13-9-17(23-2)19(25-4)18(10-13)24-3;6-3(5(8)10)1-2-4(7)9/h5-10H,21H2,1-4H3;3H,1-2,6H2,(H2,7,9)(H2,8,10)/b14-7-;/t;3-/m.0/s1. The summed E-state index contributed by atoms with van der Waals surface area (Å²) in [6.07, 6.45) is 2.06. The molecule has 0 heterocycles. The fourth-order valence-corrected chi connectivity index (χ4v) is 2.87. The number of hydrogen-bond donors (Lipinski definition) is 4. The summed E-state index contributed by atoms with van der Waals surface area (Å²) in [5.74, 6) is 0.931. The van der Waals surface area contributed by atoms with Gasteiger partial charge in [0.2, 0.25) is 17.6 Å². The molecule has 0 aromatic heterocycles. The summed E-state index contributed by atoms with van der Waals surface area (Å²) in [4.78, 5) is 20.4. The maximum atomic E-state index is 10.3. The summed E-state index contributed by atoms with van der Waals surface area (Å²) in [7, 11) is 6.14. The minimum Gasteiger partial charge on any atom is -0.495 e. The Morgan fingerprint density at radius 3 is 1.94 bits per heavy atom. The Morgan fingerprint density at radius 2 is 1.54 bits per heavy atom. The van der Waals surface area contributed by atoms with Crippen LogP contribution in [0.15, 0.2) is 30.3 Å². The van der Waals surface area contributed by atoms with E-state index in [0.29, 0.717) is 39.8 Å². The molecule has 0 aliphatic carbocycles. The van der Waals surface area contributed by atoms with Gasteiger partial charge in [-0.25, -0.2) is 0 Å². The van der Waals surface area contributed by atoms with E-state index < -0.39 is 17.9 Å². The van der Waals surface area contributed by atoms with Crippen molar-refractivity contribution in [2.45, 2.75) is 18.9 Å². The molecular formula is C24H31N5O6. The molecule has 8 N–H and O–H groups in total. The number of nitriles is 1. The Hall–Kier alpha value is -4.43. The molecule has 11 nitrogen and oxygen atoms in total. The van der Waals surface area contributed by atoms with Crippen LogP contribution in [0.25, 0.3) is 11.6 Å². The zero-order valence-corrected chi connectivity index (χ0v) is 20.2. The lowest BCUT2D eigenvalue weighted by Crippen LogP contribution is -2.37. The van der Waals surface area contributed by atoms with Gasteiger partial charge in [-0.2, -0.15) is 5.26 Å². The van der Waals surface area contributed by atoms with Gasteiger partial charge in [0, 0.05) is 6.42 Å². The van der Waals surface area contributed by atoms with Gasteiger partial charge < -0.3 is 41.9 Å². The van der Waals surface area contributed by atoms with Crippen molar-refractivity contribution >= 4 is 29.2 Å². The van der Waals surface area contributed by atoms with E-state index in [2.05, 4.69) is 6.07 Å². The van der Waals surface area contributed by atoms with E-state index in [1.165, 1.54) is 21.3 Å². The molecule has 2 amide bonds. The largest absolute Gasteiger partial charge is 0.495 e. The number of ether oxygens (including phenoxy) is 4. The van der Waals surface area contributed by atoms with Crippen LogP contribution in [0.5, 0.6) is 23.0 Å². The Balaban J connectivity index is 0.000000518. The first-order valence-electron chi connectivity index (χ1n) is 10.3. The van der Waals surface area contributed by atoms with Gasteiger partial charge in [0.15, 0.2) is 11.5 Å². The van der Waals surface area contributed by atoms with Crippen molar-refractivity contribution < 1.29 is 28.5 Å². The number of benzene rings is 2. The molecular weight excluding hydrogens is 454 g/mol. The van der Waals surface area contributed by atoms with Gasteiger partial charge in [-0.1, -0.05) is 6.07 Å². The molecule has 11 heteroatoms. The molecule has 0 unspecified atom stereocenters. The monoisotopic (exact) mass is 485 g/mol. The molecule has 35 heavy (non-hydrogen) atoms. The van der Waals surface area contributed by atoms with Gasteiger partial charge in [0.1, 0.15) is 5.75 Å². The van der Waals surface area contributed by atoms with Gasteiger partial charge in [-0.15, -0.1) is 0 Å². The number of anilines is 1. The van der Waals surface area contributed by atoms with Crippen LogP contribution in [-0.4, -0.2) is 46.3 Å². The first-order chi connectivity index (χ1) is 16.6. The SMILES string of the molecule is COc1ccc(/C=C(/C#N)c2cc(OC)c(OC)c(OC)c2)cc1N.NC(=O)CC[C@H](N)C(N)=O. The minimum atomic E-state index is -0.757. The number of carbonyl (C=O) groups is 2. The molecule has 0 spiro atoms. The molecule has 0 aliphatic heterocycles. The lowest BCUT2D eigenvalue weighted by molar-refractivity contribution is -0.120. The van der Waals surface area contributed by atoms with Crippen LogP contribution in [0.1, 0.15) is 24.0 Å². The Bertz CT molecular complexity index is 1090. The summed E-state index contributed by atoms with van der Waals surface area (Å²) in [5.41, 5.74) is 23.1. The van der Waals surface area contributed by atoms with Gasteiger partial charge in [-0.3, -0.25) is 9.59 Å². The molecule has 0 fully saturated rings. The normalized spacial score (nSPS) is 11.3. The molecule has 2 rings (SSSR count). The number of hydrogen-bond acceptors (Lipinski definition) is 9. The highest BCUT2D eigenvalue weighted by Gasteiger charge is 2.15. The van der Waals surface area contributed by atoms with Crippen LogP contribution in [0.2, 0.25) is 0 Å². The maximum absolute atomic E-state index is 10.3. The van der Waals surface area contributed by atoms with E-state index in [1.807, 2.05) is 6.07 Å². The second kappa shape index (κ2) is 14.0. The van der Waals surface area contributed by atoms with Crippen LogP contribution < -0.4 is 41.9 Å². The Kier molecular flexibility index (Phi) is 11.4. The van der Waals surface area contributed by atoms with E-state index in [9.17, 15) is 14.9 Å². The quantitative estimate of drug-likeness (QED) is 0.218. The number of nitrogens with two attached hydrogens (primary N) is 4. The third kappa shape index (κ3) is 8.45. The molecule has 2 aromatic rings. The van der Waals surface area contributed by atoms with Crippen LogP contribution in [0, 0.1) is 11.3 Å². The van der Waals surface area contributed by atoms with Crippen LogP contribution >= 0.6 is 0 Å². The number of methoxy groups -OCH3 is 4. The third-order valence-corrected chi connectivity index (χ3v) is 4.73. The predicted molar refractivity (Wildman–Crippen MR) is 133 cm³/mol. The van der Waals surface area contributed by atoms with Crippen molar-refractivity contribution in [1.29, 1.82) is 5.26 Å². The van der Waals surface area contributed by atoms with E-state index in [4.69, 9.17) is 41.9 Å². The number of allylic oxidation sites excluding steroid dienone is 1. The number of primary amides is 2. The van der Waals surface area contributed by atoms with Gasteiger partial charge in [-0.05, 0) is 47.9 Å². The maximum Gasteiger partial charge on any atom is 0.234 e. The first-order valence-corrected chi connectivity index (χ1v) is 10.3. The average Bonchev–Trinajstić information content (AvgIpc) is 2.85. The molecule has 0 saturated carbocycles. The number of carbonyl (C=O) groups excluding carboxylic acids is 2. The molecule has 0 radical (unpaired) electrons. The molecule has 0 saturated heterocycles. The zero-order chi connectivity index (χ0) is 26.5. The average molecular weight is 486 g/mol. The Labute approximate surface area is 204 Å². The molecule has 188 valence electrons. The smallest absolute Gasteiger partial charge is 0.234 e. The number of nitrogen functional groups attached to an aromatic ring is 1. The van der Waals surface area contributed by atoms with Crippen LogP contribution in [0.3, 0.4) is 0 Å². The predicted octanol–water partition coefficient (Wildman–Crippen LogP) is 1.43. The first kappa shape index (κ1) is 28.6. The molecule has 1 atom stereocenters. The molecule has 2 aromatic carbocycles. The number of rotatable bonds is 10. The fourth-order valence-electron chi connectivity index (χ4n) is 2.87. The van der Waals surface area contributed by atoms with Gasteiger partial charge in [0.25, 0.3) is 0 Å². The summed E-state index contributed by atoms with van der Waals surface area (Å²) >= 11 is 0. The topological polar surface area (TPSA) is 199 Å².